The number of ether oxygens (including phenoxy) is 1. The van der Waals surface area contributed by atoms with E-state index in [2.05, 4.69) is 20.0 Å². The van der Waals surface area contributed by atoms with Crippen LogP contribution in [0.25, 0.3) is 11.0 Å². The lowest BCUT2D eigenvalue weighted by Gasteiger charge is -2.09. The van der Waals surface area contributed by atoms with Crippen molar-refractivity contribution in [3.05, 3.63) is 65.5 Å². The normalized spacial score (nSPS) is 11.7. The second-order valence-corrected chi connectivity index (χ2v) is 5.74. The van der Waals surface area contributed by atoms with Crippen molar-refractivity contribution in [1.29, 1.82) is 0 Å². The Morgan fingerprint density at radius 3 is 2.58 bits per heavy atom. The van der Waals surface area contributed by atoms with Crippen LogP contribution in [-0.4, -0.2) is 28.7 Å². The number of hydrogen-bond acceptors (Lipinski definition) is 3. The van der Waals surface area contributed by atoms with Gasteiger partial charge in [-0.25, -0.2) is 4.98 Å². The lowest BCUT2D eigenvalue weighted by atomic mass is 10.1. The quantitative estimate of drug-likeness (QED) is 0.704. The topological polar surface area (TPSA) is 67.0 Å². The maximum atomic E-state index is 12.2. The number of aromatic amines is 1. The SMILES string of the molecule is O=C(NCc1ccc(COCC(F)(F)F)cc1)c1ccc2nc[nH]c2c1. The van der Waals surface area contributed by atoms with Crippen molar-refractivity contribution < 1.29 is 22.7 Å². The van der Waals surface area contributed by atoms with Crippen molar-refractivity contribution in [3.8, 4) is 0 Å². The Morgan fingerprint density at radius 2 is 1.85 bits per heavy atom. The van der Waals surface area contributed by atoms with E-state index in [0.29, 0.717) is 17.7 Å². The van der Waals surface area contributed by atoms with Gasteiger partial charge in [-0.15, -0.1) is 0 Å². The molecule has 3 rings (SSSR count). The molecule has 0 fully saturated rings. The fourth-order valence-corrected chi connectivity index (χ4v) is 2.40. The Labute approximate surface area is 147 Å². The van der Waals surface area contributed by atoms with Crippen molar-refractivity contribution in [2.45, 2.75) is 19.3 Å². The van der Waals surface area contributed by atoms with E-state index in [0.717, 1.165) is 16.6 Å². The molecule has 0 bridgehead atoms. The Balaban J connectivity index is 1.51. The first kappa shape index (κ1) is 17.9. The maximum absolute atomic E-state index is 12.2. The monoisotopic (exact) mass is 363 g/mol. The molecule has 0 saturated heterocycles. The van der Waals surface area contributed by atoms with Crippen LogP contribution in [-0.2, 0) is 17.9 Å². The second-order valence-electron chi connectivity index (χ2n) is 5.74. The minimum Gasteiger partial charge on any atom is -0.367 e. The molecule has 0 radical (unpaired) electrons. The molecule has 3 aromatic rings. The molecule has 0 atom stereocenters. The third kappa shape index (κ3) is 4.82. The van der Waals surface area contributed by atoms with Crippen LogP contribution in [0.15, 0.2) is 48.8 Å². The number of alkyl halides is 3. The van der Waals surface area contributed by atoms with E-state index < -0.39 is 12.8 Å². The first-order valence-electron chi connectivity index (χ1n) is 7.84. The zero-order valence-electron chi connectivity index (χ0n) is 13.6. The van der Waals surface area contributed by atoms with Gasteiger partial charge in [0.1, 0.15) is 6.61 Å². The number of hydrogen-bond donors (Lipinski definition) is 2. The fraction of sp³-hybridized carbons (Fsp3) is 0.222. The predicted molar refractivity (Wildman–Crippen MR) is 89.4 cm³/mol. The molecule has 0 saturated carbocycles. The van der Waals surface area contributed by atoms with Crippen LogP contribution in [0.3, 0.4) is 0 Å². The average molecular weight is 363 g/mol. The third-order valence-corrected chi connectivity index (χ3v) is 3.69. The van der Waals surface area contributed by atoms with Crippen LogP contribution in [0.1, 0.15) is 21.5 Å². The van der Waals surface area contributed by atoms with Gasteiger partial charge >= 0.3 is 6.18 Å². The number of imidazole rings is 1. The summed E-state index contributed by atoms with van der Waals surface area (Å²) in [4.78, 5) is 19.3. The van der Waals surface area contributed by atoms with Crippen molar-refractivity contribution in [2.75, 3.05) is 6.61 Å². The summed E-state index contributed by atoms with van der Waals surface area (Å²) in [5.74, 6) is -0.223. The number of halogens is 3. The van der Waals surface area contributed by atoms with Gasteiger partial charge in [-0.05, 0) is 29.3 Å². The molecule has 136 valence electrons. The van der Waals surface area contributed by atoms with E-state index in [1.54, 1.807) is 48.8 Å². The van der Waals surface area contributed by atoms with E-state index in [1.807, 2.05) is 0 Å². The van der Waals surface area contributed by atoms with Crippen molar-refractivity contribution in [3.63, 3.8) is 0 Å². The van der Waals surface area contributed by atoms with Crippen LogP contribution in [0.4, 0.5) is 13.2 Å². The van der Waals surface area contributed by atoms with Gasteiger partial charge < -0.3 is 15.0 Å². The molecular formula is C18H16F3N3O2. The number of carbonyl (C=O) groups is 1. The molecule has 1 aromatic heterocycles. The van der Waals surface area contributed by atoms with Crippen molar-refractivity contribution >= 4 is 16.9 Å². The number of nitrogens with one attached hydrogen (secondary N) is 2. The number of nitrogens with zero attached hydrogens (tertiary/aromatic N) is 1. The summed E-state index contributed by atoms with van der Waals surface area (Å²) < 4.78 is 40.7. The summed E-state index contributed by atoms with van der Waals surface area (Å²) in [5, 5.41) is 2.80. The predicted octanol–water partition coefficient (Wildman–Crippen LogP) is 3.57. The van der Waals surface area contributed by atoms with E-state index in [1.165, 1.54) is 0 Å². The molecule has 1 amide bonds. The summed E-state index contributed by atoms with van der Waals surface area (Å²) in [7, 11) is 0. The Morgan fingerprint density at radius 1 is 1.12 bits per heavy atom. The molecule has 0 spiro atoms. The smallest absolute Gasteiger partial charge is 0.367 e. The summed E-state index contributed by atoms with van der Waals surface area (Å²) in [5.41, 5.74) is 3.54. The zero-order chi connectivity index (χ0) is 18.6. The molecule has 5 nitrogen and oxygen atoms in total. The van der Waals surface area contributed by atoms with Crippen molar-refractivity contribution in [1.82, 2.24) is 15.3 Å². The van der Waals surface area contributed by atoms with Crippen molar-refractivity contribution in [2.24, 2.45) is 0 Å². The molecule has 26 heavy (non-hydrogen) atoms. The highest BCUT2D eigenvalue weighted by molar-refractivity contribution is 5.97. The van der Waals surface area contributed by atoms with Crippen LogP contribution in [0.5, 0.6) is 0 Å². The van der Waals surface area contributed by atoms with Gasteiger partial charge in [0.25, 0.3) is 5.91 Å². The first-order valence-corrected chi connectivity index (χ1v) is 7.84. The summed E-state index contributed by atoms with van der Waals surface area (Å²) in [6, 6.07) is 12.0. The van der Waals surface area contributed by atoms with Gasteiger partial charge in [0, 0.05) is 12.1 Å². The van der Waals surface area contributed by atoms with E-state index in [-0.39, 0.29) is 12.5 Å². The van der Waals surface area contributed by atoms with E-state index in [9.17, 15) is 18.0 Å². The largest absolute Gasteiger partial charge is 0.411 e. The Kier molecular flexibility index (Phi) is 5.22. The number of aromatic nitrogens is 2. The number of amides is 1. The van der Waals surface area contributed by atoms with E-state index >= 15 is 0 Å². The average Bonchev–Trinajstić information content (AvgIpc) is 3.07. The highest BCUT2D eigenvalue weighted by Gasteiger charge is 2.27. The molecule has 2 N–H and O–H groups in total. The van der Waals surface area contributed by atoms with Crippen LogP contribution < -0.4 is 5.32 Å². The molecule has 0 unspecified atom stereocenters. The zero-order valence-corrected chi connectivity index (χ0v) is 13.6. The van der Waals surface area contributed by atoms with Crippen LogP contribution in [0.2, 0.25) is 0 Å². The maximum Gasteiger partial charge on any atom is 0.411 e. The van der Waals surface area contributed by atoms with Gasteiger partial charge in [0.15, 0.2) is 0 Å². The van der Waals surface area contributed by atoms with Crippen LogP contribution in [0, 0.1) is 0 Å². The standard InChI is InChI=1S/C18H16F3N3O2/c19-18(20,21)10-26-9-13-3-1-12(2-4-13)8-22-17(25)14-5-6-15-16(7-14)24-11-23-15/h1-7,11H,8-10H2,(H,22,25)(H,23,24). The molecule has 8 heteroatoms. The lowest BCUT2D eigenvalue weighted by Crippen LogP contribution is -2.22. The highest BCUT2D eigenvalue weighted by atomic mass is 19.4. The summed E-state index contributed by atoms with van der Waals surface area (Å²) in [6.45, 7) is -1.08. The highest BCUT2D eigenvalue weighted by Crippen LogP contribution is 2.16. The summed E-state index contributed by atoms with van der Waals surface area (Å²) in [6.07, 6.45) is -2.77. The molecule has 0 aliphatic carbocycles. The van der Waals surface area contributed by atoms with E-state index in [4.69, 9.17) is 0 Å². The Hall–Kier alpha value is -2.87. The number of carbonyl (C=O) groups excluding carboxylic acids is 1. The second kappa shape index (κ2) is 7.57. The van der Waals surface area contributed by atoms with Gasteiger partial charge in [0.2, 0.25) is 0 Å². The van der Waals surface area contributed by atoms with Gasteiger partial charge in [-0.3, -0.25) is 4.79 Å². The molecule has 0 aliphatic rings. The molecule has 2 aromatic carbocycles. The fourth-order valence-electron chi connectivity index (χ4n) is 2.40. The molecular weight excluding hydrogens is 347 g/mol. The molecule has 0 aliphatic heterocycles. The molecule has 1 heterocycles. The van der Waals surface area contributed by atoms with Crippen LogP contribution >= 0.6 is 0 Å². The number of fused-ring (bicyclic) bond motifs is 1. The summed E-state index contributed by atoms with van der Waals surface area (Å²) >= 11 is 0. The minimum atomic E-state index is -4.33. The first-order chi connectivity index (χ1) is 12.4. The number of rotatable bonds is 6. The van der Waals surface area contributed by atoms with Gasteiger partial charge in [-0.1, -0.05) is 24.3 Å². The Bertz CT molecular complexity index is 889. The van der Waals surface area contributed by atoms with Gasteiger partial charge in [0.05, 0.1) is 24.0 Å². The lowest BCUT2D eigenvalue weighted by molar-refractivity contribution is -0.176. The van der Waals surface area contributed by atoms with Gasteiger partial charge in [-0.2, -0.15) is 13.2 Å². The number of H-pyrrole nitrogens is 1. The number of benzene rings is 2. The third-order valence-electron chi connectivity index (χ3n) is 3.69. The minimum absolute atomic E-state index is 0.115.